The average molecular weight is 340 g/mol. The monoisotopic (exact) mass is 340 g/mol. The third kappa shape index (κ3) is 2.54. The van der Waals surface area contributed by atoms with Crippen molar-refractivity contribution in [3.63, 3.8) is 0 Å². The zero-order valence-corrected chi connectivity index (χ0v) is 14.4. The summed E-state index contributed by atoms with van der Waals surface area (Å²) in [7, 11) is 0. The van der Waals surface area contributed by atoms with E-state index in [0.717, 1.165) is 12.8 Å². The molecule has 0 atom stereocenters. The number of pyridine rings is 2. The molecule has 1 aromatic carbocycles. The molecule has 3 aromatic rings. The quantitative estimate of drug-likeness (QED) is 0.683. The summed E-state index contributed by atoms with van der Waals surface area (Å²) in [6, 6.07) is 6.13. The van der Waals surface area contributed by atoms with Gasteiger partial charge < -0.3 is 4.57 Å². The number of rotatable bonds is 2. The molecule has 1 fully saturated rings. The third-order valence-corrected chi connectivity index (χ3v) is 4.70. The van der Waals surface area contributed by atoms with Crippen molar-refractivity contribution in [2.24, 2.45) is 0 Å². The molecule has 0 bridgehead atoms. The Balaban J connectivity index is 2.13. The summed E-state index contributed by atoms with van der Waals surface area (Å²) >= 11 is 0. The summed E-state index contributed by atoms with van der Waals surface area (Å²) in [5.74, 6) is -1.40. The lowest BCUT2D eigenvalue weighted by Crippen LogP contribution is -2.14. The van der Waals surface area contributed by atoms with E-state index in [9.17, 15) is 9.18 Å². The lowest BCUT2D eigenvalue weighted by Gasteiger charge is -2.17. The van der Waals surface area contributed by atoms with E-state index in [2.05, 4.69) is 4.98 Å². The van der Waals surface area contributed by atoms with Crippen LogP contribution in [0.15, 0.2) is 29.1 Å². The molecular formula is C20H18F2N2O. The third-order valence-electron chi connectivity index (χ3n) is 4.70. The highest BCUT2D eigenvalue weighted by Gasteiger charge is 2.29. The minimum absolute atomic E-state index is 0.0961. The van der Waals surface area contributed by atoms with Crippen molar-refractivity contribution in [3.05, 3.63) is 63.2 Å². The molecule has 0 saturated heterocycles. The Morgan fingerprint density at radius 2 is 1.68 bits per heavy atom. The highest BCUT2D eigenvalue weighted by Crippen LogP contribution is 2.40. The van der Waals surface area contributed by atoms with Crippen LogP contribution in [0.4, 0.5) is 8.78 Å². The SMILES string of the molecule is Cc1cc(-c2c(F)cc3c(=O)cc(C)n(C4CC4)c3c2F)cc(C)n1. The smallest absolute Gasteiger partial charge is 0.189 e. The second-order valence-corrected chi connectivity index (χ2v) is 6.83. The predicted molar refractivity (Wildman–Crippen MR) is 93.8 cm³/mol. The molecule has 0 radical (unpaired) electrons. The normalized spacial score (nSPS) is 14.3. The van der Waals surface area contributed by atoms with Gasteiger partial charge in [-0.3, -0.25) is 9.78 Å². The molecule has 1 aliphatic carbocycles. The Bertz CT molecular complexity index is 1060. The van der Waals surface area contributed by atoms with E-state index < -0.39 is 11.6 Å². The van der Waals surface area contributed by atoms with Gasteiger partial charge in [0.2, 0.25) is 0 Å². The van der Waals surface area contributed by atoms with Crippen molar-refractivity contribution in [2.45, 2.75) is 39.7 Å². The van der Waals surface area contributed by atoms with Gasteiger partial charge in [-0.25, -0.2) is 8.78 Å². The van der Waals surface area contributed by atoms with E-state index in [-0.39, 0.29) is 27.9 Å². The Kier molecular flexibility index (Phi) is 3.49. The summed E-state index contributed by atoms with van der Waals surface area (Å²) in [6.45, 7) is 5.37. The number of nitrogens with zero attached hydrogens (tertiary/aromatic N) is 2. The molecule has 25 heavy (non-hydrogen) atoms. The van der Waals surface area contributed by atoms with Crippen molar-refractivity contribution in [1.82, 2.24) is 9.55 Å². The molecule has 0 aliphatic heterocycles. The topological polar surface area (TPSA) is 34.9 Å². The molecule has 0 unspecified atom stereocenters. The number of halogens is 2. The Morgan fingerprint density at radius 3 is 2.28 bits per heavy atom. The van der Waals surface area contributed by atoms with Gasteiger partial charge in [0, 0.05) is 29.2 Å². The fraction of sp³-hybridized carbons (Fsp3) is 0.300. The zero-order chi connectivity index (χ0) is 17.9. The van der Waals surface area contributed by atoms with Gasteiger partial charge in [0.05, 0.1) is 16.5 Å². The van der Waals surface area contributed by atoms with Crippen LogP contribution in [0.2, 0.25) is 0 Å². The molecule has 2 aromatic heterocycles. The first-order chi connectivity index (χ1) is 11.9. The van der Waals surface area contributed by atoms with Gasteiger partial charge in [-0.05, 0) is 57.4 Å². The second-order valence-electron chi connectivity index (χ2n) is 6.83. The summed E-state index contributed by atoms with van der Waals surface area (Å²) in [5.41, 5.74) is 2.29. The largest absolute Gasteiger partial charge is 0.339 e. The molecular weight excluding hydrogens is 322 g/mol. The van der Waals surface area contributed by atoms with Crippen LogP contribution in [0, 0.1) is 32.4 Å². The van der Waals surface area contributed by atoms with Crippen LogP contribution in [-0.4, -0.2) is 9.55 Å². The fourth-order valence-electron chi connectivity index (χ4n) is 3.59. The lowest BCUT2D eigenvalue weighted by molar-refractivity contribution is 0.587. The maximum Gasteiger partial charge on any atom is 0.189 e. The van der Waals surface area contributed by atoms with Crippen molar-refractivity contribution >= 4 is 10.9 Å². The van der Waals surface area contributed by atoms with Crippen LogP contribution in [-0.2, 0) is 0 Å². The minimum Gasteiger partial charge on any atom is -0.339 e. The Labute approximate surface area is 143 Å². The van der Waals surface area contributed by atoms with Crippen LogP contribution >= 0.6 is 0 Å². The van der Waals surface area contributed by atoms with E-state index in [1.165, 1.54) is 12.1 Å². The Morgan fingerprint density at radius 1 is 1.04 bits per heavy atom. The molecule has 3 nitrogen and oxygen atoms in total. The number of aromatic nitrogens is 2. The van der Waals surface area contributed by atoms with E-state index >= 15 is 4.39 Å². The molecule has 1 saturated carbocycles. The summed E-state index contributed by atoms with van der Waals surface area (Å²) < 4.78 is 32.1. The van der Waals surface area contributed by atoms with Crippen LogP contribution in [0.3, 0.4) is 0 Å². The molecule has 5 heteroatoms. The minimum atomic E-state index is -0.724. The first-order valence-corrected chi connectivity index (χ1v) is 8.36. The van der Waals surface area contributed by atoms with Crippen LogP contribution in [0.1, 0.15) is 36.0 Å². The van der Waals surface area contributed by atoms with Gasteiger partial charge in [-0.1, -0.05) is 0 Å². The van der Waals surface area contributed by atoms with Gasteiger partial charge in [-0.2, -0.15) is 0 Å². The Hall–Kier alpha value is -2.56. The first-order valence-electron chi connectivity index (χ1n) is 8.36. The van der Waals surface area contributed by atoms with Crippen molar-refractivity contribution in [2.75, 3.05) is 0 Å². The number of hydrogen-bond acceptors (Lipinski definition) is 2. The maximum absolute atomic E-state index is 15.5. The fourth-order valence-corrected chi connectivity index (χ4v) is 3.59. The highest BCUT2D eigenvalue weighted by atomic mass is 19.1. The summed E-state index contributed by atoms with van der Waals surface area (Å²) in [5, 5.41) is 0.0961. The summed E-state index contributed by atoms with van der Waals surface area (Å²) in [4.78, 5) is 16.6. The zero-order valence-electron chi connectivity index (χ0n) is 14.4. The predicted octanol–water partition coefficient (Wildman–Crippen LogP) is 4.60. The number of aryl methyl sites for hydroxylation is 3. The van der Waals surface area contributed by atoms with Crippen molar-refractivity contribution in [1.29, 1.82) is 0 Å². The molecule has 0 N–H and O–H groups in total. The highest BCUT2D eigenvalue weighted by molar-refractivity contribution is 5.86. The van der Waals surface area contributed by atoms with Gasteiger partial charge in [-0.15, -0.1) is 0 Å². The second kappa shape index (κ2) is 5.48. The van der Waals surface area contributed by atoms with Gasteiger partial charge in [0.25, 0.3) is 0 Å². The standard InChI is InChI=1S/C20H18F2N2O/c1-10-6-13(7-11(2)23-10)18-16(21)9-15-17(25)8-12(3)24(14-4-5-14)20(15)19(18)22/h6-9,14H,4-5H2,1-3H3. The van der Waals surface area contributed by atoms with Crippen LogP contribution < -0.4 is 5.43 Å². The number of fused-ring (bicyclic) bond motifs is 1. The van der Waals surface area contributed by atoms with Crippen molar-refractivity contribution in [3.8, 4) is 11.1 Å². The molecule has 0 amide bonds. The molecule has 2 heterocycles. The van der Waals surface area contributed by atoms with Crippen LogP contribution in [0.5, 0.6) is 0 Å². The number of benzene rings is 1. The average Bonchev–Trinajstić information content (AvgIpc) is 3.32. The van der Waals surface area contributed by atoms with Crippen LogP contribution in [0.25, 0.3) is 22.0 Å². The molecule has 128 valence electrons. The van der Waals surface area contributed by atoms with Gasteiger partial charge >= 0.3 is 0 Å². The van der Waals surface area contributed by atoms with E-state index in [1.807, 2.05) is 4.57 Å². The van der Waals surface area contributed by atoms with E-state index in [4.69, 9.17) is 0 Å². The first kappa shape index (κ1) is 15.9. The summed E-state index contributed by atoms with van der Waals surface area (Å²) in [6.07, 6.45) is 1.89. The molecule has 4 rings (SSSR count). The molecule has 1 aliphatic rings. The van der Waals surface area contributed by atoms with Crippen molar-refractivity contribution < 1.29 is 8.78 Å². The lowest BCUT2D eigenvalue weighted by atomic mass is 10.0. The van der Waals surface area contributed by atoms with Gasteiger partial charge in [0.1, 0.15) is 5.82 Å². The van der Waals surface area contributed by atoms with E-state index in [0.29, 0.717) is 22.6 Å². The van der Waals surface area contributed by atoms with E-state index in [1.54, 1.807) is 32.9 Å². The van der Waals surface area contributed by atoms with Gasteiger partial charge in [0.15, 0.2) is 11.2 Å². The number of hydrogen-bond donors (Lipinski definition) is 0. The molecule has 0 spiro atoms. The maximum atomic E-state index is 15.5.